The van der Waals surface area contributed by atoms with Gasteiger partial charge in [-0.05, 0) is 60.6 Å². The molecule has 0 aromatic heterocycles. The Bertz CT molecular complexity index is 773. The lowest BCUT2D eigenvalue weighted by Crippen LogP contribution is -2.38. The zero-order valence-corrected chi connectivity index (χ0v) is 15.1. The van der Waals surface area contributed by atoms with Crippen molar-refractivity contribution < 1.29 is 19.4 Å². The molecule has 26 heavy (non-hydrogen) atoms. The zero-order valence-electron chi connectivity index (χ0n) is 14.3. The van der Waals surface area contributed by atoms with Gasteiger partial charge in [0.05, 0.1) is 12.2 Å². The number of carbonyl (C=O) groups excluding carboxylic acids is 1. The number of aromatic carboxylic acids is 1. The zero-order chi connectivity index (χ0) is 18.9. The molecule has 0 heterocycles. The number of carboxylic acids is 1. The third-order valence-electron chi connectivity index (χ3n) is 3.47. The van der Waals surface area contributed by atoms with Crippen molar-refractivity contribution in [3.8, 4) is 5.75 Å². The molecule has 0 unspecified atom stereocenters. The van der Waals surface area contributed by atoms with Gasteiger partial charge in [-0.15, -0.1) is 0 Å². The number of carbonyl (C=O) groups is 2. The summed E-state index contributed by atoms with van der Waals surface area (Å²) in [5.74, 6) is -0.571. The highest BCUT2D eigenvalue weighted by Gasteiger charge is 2.08. The number of amides is 1. The molecule has 0 atom stereocenters. The molecule has 2 aromatic carbocycles. The van der Waals surface area contributed by atoms with E-state index in [0.717, 1.165) is 12.0 Å². The van der Waals surface area contributed by atoms with E-state index in [9.17, 15) is 9.59 Å². The average molecular weight is 372 g/mol. The molecular formula is C19H20N2O4S. The number of nitrogens with one attached hydrogen (secondary N) is 2. The van der Waals surface area contributed by atoms with Gasteiger partial charge in [0.25, 0.3) is 5.91 Å². The SMILES string of the molecule is CCCOc1ccc(C(=O)NC(=S)NCc2ccc(C(=O)O)cc2)cc1. The van der Waals surface area contributed by atoms with Gasteiger partial charge in [0.15, 0.2) is 5.11 Å². The van der Waals surface area contributed by atoms with Crippen LogP contribution in [0.25, 0.3) is 0 Å². The van der Waals surface area contributed by atoms with E-state index < -0.39 is 5.97 Å². The number of ether oxygens (including phenoxy) is 1. The van der Waals surface area contributed by atoms with Crippen LogP contribution in [0.1, 0.15) is 39.6 Å². The topological polar surface area (TPSA) is 87.7 Å². The van der Waals surface area contributed by atoms with Gasteiger partial charge in [0, 0.05) is 12.1 Å². The van der Waals surface area contributed by atoms with Crippen LogP contribution < -0.4 is 15.4 Å². The number of benzene rings is 2. The lowest BCUT2D eigenvalue weighted by molar-refractivity contribution is 0.0696. The summed E-state index contributed by atoms with van der Waals surface area (Å²) >= 11 is 5.12. The second-order valence-electron chi connectivity index (χ2n) is 5.51. The number of carboxylic acid groups (broad SMARTS) is 1. The molecule has 0 saturated carbocycles. The highest BCUT2D eigenvalue weighted by molar-refractivity contribution is 7.80. The van der Waals surface area contributed by atoms with E-state index in [4.69, 9.17) is 22.1 Å². The fourth-order valence-electron chi connectivity index (χ4n) is 2.09. The van der Waals surface area contributed by atoms with E-state index >= 15 is 0 Å². The van der Waals surface area contributed by atoms with Crippen molar-refractivity contribution in [3.63, 3.8) is 0 Å². The van der Waals surface area contributed by atoms with Crippen LogP contribution >= 0.6 is 12.2 Å². The van der Waals surface area contributed by atoms with Crippen molar-refractivity contribution in [1.29, 1.82) is 0 Å². The highest BCUT2D eigenvalue weighted by Crippen LogP contribution is 2.12. The number of thiocarbonyl (C=S) groups is 1. The van der Waals surface area contributed by atoms with Crippen LogP contribution in [0, 0.1) is 0 Å². The highest BCUT2D eigenvalue weighted by atomic mass is 32.1. The summed E-state index contributed by atoms with van der Waals surface area (Å²) in [7, 11) is 0. The van der Waals surface area contributed by atoms with E-state index in [1.54, 1.807) is 36.4 Å². The van der Waals surface area contributed by atoms with Gasteiger partial charge in [-0.3, -0.25) is 10.1 Å². The third-order valence-corrected chi connectivity index (χ3v) is 3.72. The molecule has 0 aliphatic carbocycles. The lowest BCUT2D eigenvalue weighted by Gasteiger charge is -2.10. The fourth-order valence-corrected chi connectivity index (χ4v) is 2.25. The minimum atomic E-state index is -0.974. The molecule has 1 amide bonds. The first-order valence-corrected chi connectivity index (χ1v) is 8.54. The summed E-state index contributed by atoms with van der Waals surface area (Å²) in [6.45, 7) is 3.03. The Hall–Kier alpha value is -2.93. The first-order valence-electron chi connectivity index (χ1n) is 8.14. The summed E-state index contributed by atoms with van der Waals surface area (Å²) in [6.07, 6.45) is 0.918. The van der Waals surface area contributed by atoms with Crippen LogP contribution in [-0.2, 0) is 6.54 Å². The monoisotopic (exact) mass is 372 g/mol. The van der Waals surface area contributed by atoms with Crippen molar-refractivity contribution in [2.75, 3.05) is 6.61 Å². The molecule has 0 aliphatic rings. The molecular weight excluding hydrogens is 352 g/mol. The van der Waals surface area contributed by atoms with Crippen LogP contribution in [0.5, 0.6) is 5.75 Å². The normalized spacial score (nSPS) is 10.0. The largest absolute Gasteiger partial charge is 0.494 e. The lowest BCUT2D eigenvalue weighted by atomic mass is 10.1. The predicted molar refractivity (Wildman–Crippen MR) is 103 cm³/mol. The van der Waals surface area contributed by atoms with Crippen molar-refractivity contribution in [3.05, 3.63) is 65.2 Å². The maximum absolute atomic E-state index is 12.2. The number of rotatable bonds is 7. The molecule has 6 nitrogen and oxygen atoms in total. The molecule has 0 bridgehead atoms. The summed E-state index contributed by atoms with van der Waals surface area (Å²) in [6, 6.07) is 13.2. The smallest absolute Gasteiger partial charge is 0.335 e. The summed E-state index contributed by atoms with van der Waals surface area (Å²) in [5.41, 5.74) is 1.55. The molecule has 0 spiro atoms. The van der Waals surface area contributed by atoms with Crippen LogP contribution in [0.4, 0.5) is 0 Å². The molecule has 136 valence electrons. The maximum Gasteiger partial charge on any atom is 0.335 e. The van der Waals surface area contributed by atoms with Gasteiger partial charge < -0.3 is 15.2 Å². The molecule has 2 rings (SSSR count). The fraction of sp³-hybridized carbons (Fsp3) is 0.211. The number of hydrogen-bond donors (Lipinski definition) is 3. The van der Waals surface area contributed by atoms with Gasteiger partial charge in [0.2, 0.25) is 0 Å². The van der Waals surface area contributed by atoms with Crippen LogP contribution in [-0.4, -0.2) is 28.7 Å². The van der Waals surface area contributed by atoms with E-state index in [1.807, 2.05) is 6.92 Å². The van der Waals surface area contributed by atoms with Gasteiger partial charge in [-0.1, -0.05) is 19.1 Å². The Labute approximate surface area is 157 Å². The third kappa shape index (κ3) is 5.86. The Kier molecular flexibility index (Phi) is 7.11. The molecule has 3 N–H and O–H groups in total. The van der Waals surface area contributed by atoms with Crippen molar-refractivity contribution in [2.24, 2.45) is 0 Å². The molecule has 0 fully saturated rings. The van der Waals surface area contributed by atoms with Crippen LogP contribution in [0.3, 0.4) is 0 Å². The van der Waals surface area contributed by atoms with E-state index in [2.05, 4.69) is 10.6 Å². The number of hydrogen-bond acceptors (Lipinski definition) is 4. The Morgan fingerprint density at radius 2 is 1.65 bits per heavy atom. The first kappa shape index (κ1) is 19.4. The Morgan fingerprint density at radius 1 is 1.04 bits per heavy atom. The standard InChI is InChI=1S/C19H20N2O4S/c1-2-11-25-16-9-7-14(8-10-16)17(22)21-19(26)20-12-13-3-5-15(6-4-13)18(23)24/h3-10H,2,11-12H2,1H3,(H,23,24)(H2,20,21,22,26). The molecule has 2 aromatic rings. The maximum atomic E-state index is 12.2. The Balaban J connectivity index is 1.83. The van der Waals surface area contributed by atoms with Crippen molar-refractivity contribution in [1.82, 2.24) is 10.6 Å². The molecule has 0 aliphatic heterocycles. The second-order valence-corrected chi connectivity index (χ2v) is 5.92. The second kappa shape index (κ2) is 9.53. The minimum Gasteiger partial charge on any atom is -0.494 e. The molecule has 7 heteroatoms. The van der Waals surface area contributed by atoms with Gasteiger partial charge >= 0.3 is 5.97 Å². The van der Waals surface area contributed by atoms with Crippen LogP contribution in [0.15, 0.2) is 48.5 Å². The summed E-state index contributed by atoms with van der Waals surface area (Å²) in [4.78, 5) is 23.0. The quantitative estimate of drug-likeness (QED) is 0.648. The van der Waals surface area contributed by atoms with Gasteiger partial charge in [-0.25, -0.2) is 4.79 Å². The predicted octanol–water partition coefficient (Wildman–Crippen LogP) is 2.98. The van der Waals surface area contributed by atoms with Crippen molar-refractivity contribution >= 4 is 29.2 Å². The van der Waals surface area contributed by atoms with E-state index in [-0.39, 0.29) is 16.6 Å². The molecule has 0 saturated heterocycles. The molecule has 0 radical (unpaired) electrons. The summed E-state index contributed by atoms with van der Waals surface area (Å²) < 4.78 is 5.48. The summed E-state index contributed by atoms with van der Waals surface area (Å²) in [5, 5.41) is 14.6. The van der Waals surface area contributed by atoms with E-state index in [1.165, 1.54) is 12.1 Å². The first-order chi connectivity index (χ1) is 12.5. The van der Waals surface area contributed by atoms with Crippen LogP contribution in [0.2, 0.25) is 0 Å². The van der Waals surface area contributed by atoms with E-state index in [0.29, 0.717) is 24.5 Å². The van der Waals surface area contributed by atoms with Crippen molar-refractivity contribution in [2.45, 2.75) is 19.9 Å². The van der Waals surface area contributed by atoms with Gasteiger partial charge in [-0.2, -0.15) is 0 Å². The average Bonchev–Trinajstić information content (AvgIpc) is 2.65. The van der Waals surface area contributed by atoms with Gasteiger partial charge in [0.1, 0.15) is 5.75 Å². The Morgan fingerprint density at radius 3 is 2.23 bits per heavy atom. The minimum absolute atomic E-state index is 0.198.